The van der Waals surface area contributed by atoms with Crippen LogP contribution >= 0.6 is 0 Å². The first-order valence-electron chi connectivity index (χ1n) is 5.63. The molecular formula is C13H17NO4. The lowest BCUT2D eigenvalue weighted by molar-refractivity contribution is -0.134. The van der Waals surface area contributed by atoms with Crippen molar-refractivity contribution in [2.24, 2.45) is 0 Å². The highest BCUT2D eigenvalue weighted by atomic mass is 16.5. The van der Waals surface area contributed by atoms with Crippen LogP contribution in [0.25, 0.3) is 6.08 Å². The second-order valence-electron chi connectivity index (χ2n) is 3.74. The Morgan fingerprint density at radius 1 is 1.33 bits per heavy atom. The quantitative estimate of drug-likeness (QED) is 0.656. The number of hydrogen-bond donors (Lipinski definition) is 1. The fourth-order valence-electron chi connectivity index (χ4n) is 1.67. The number of rotatable bonds is 4. The van der Waals surface area contributed by atoms with E-state index >= 15 is 0 Å². The molecule has 98 valence electrons. The Balaban J connectivity index is 3.04. The second kappa shape index (κ2) is 6.05. The molecule has 5 nitrogen and oxygen atoms in total. The molecule has 0 atom stereocenters. The van der Waals surface area contributed by atoms with Gasteiger partial charge in [-0.3, -0.25) is 0 Å². The molecule has 0 fully saturated rings. The molecule has 0 saturated heterocycles. The number of aromatic amines is 1. The van der Waals surface area contributed by atoms with E-state index in [1.807, 2.05) is 0 Å². The first kappa shape index (κ1) is 14.0. The summed E-state index contributed by atoms with van der Waals surface area (Å²) in [5.74, 6) is -0.805. The number of carbonyl (C=O) groups is 2. The van der Waals surface area contributed by atoms with Crippen LogP contribution in [0.3, 0.4) is 0 Å². The molecule has 0 bridgehead atoms. The molecule has 1 heterocycles. The molecule has 0 amide bonds. The Kier molecular flexibility index (Phi) is 4.71. The van der Waals surface area contributed by atoms with Crippen LogP contribution in [0.2, 0.25) is 0 Å². The smallest absolute Gasteiger partial charge is 0.340 e. The Bertz CT molecular complexity index is 485. The van der Waals surface area contributed by atoms with Gasteiger partial charge in [0.25, 0.3) is 0 Å². The molecule has 0 unspecified atom stereocenters. The van der Waals surface area contributed by atoms with Gasteiger partial charge < -0.3 is 14.5 Å². The monoisotopic (exact) mass is 251 g/mol. The number of H-pyrrole nitrogens is 1. The number of carbonyl (C=O) groups excluding carboxylic acids is 2. The fraction of sp³-hybridized carbons (Fsp3) is 0.385. The minimum Gasteiger partial charge on any atom is -0.466 e. The molecule has 0 aliphatic rings. The predicted octanol–water partition coefficient (Wildman–Crippen LogP) is 1.99. The lowest BCUT2D eigenvalue weighted by Crippen LogP contribution is -2.06. The lowest BCUT2D eigenvalue weighted by Gasteiger charge is -2.01. The lowest BCUT2D eigenvalue weighted by atomic mass is 10.1. The summed E-state index contributed by atoms with van der Waals surface area (Å²) in [6.07, 6.45) is 2.88. The van der Waals surface area contributed by atoms with Crippen molar-refractivity contribution in [2.75, 3.05) is 13.7 Å². The number of aryl methyl sites for hydroxylation is 1. The van der Waals surface area contributed by atoms with Gasteiger partial charge >= 0.3 is 11.9 Å². The third kappa shape index (κ3) is 3.00. The highest BCUT2D eigenvalue weighted by Crippen LogP contribution is 2.20. The summed E-state index contributed by atoms with van der Waals surface area (Å²) in [6.45, 7) is 5.67. The van der Waals surface area contributed by atoms with E-state index in [-0.39, 0.29) is 5.97 Å². The fourth-order valence-corrected chi connectivity index (χ4v) is 1.67. The van der Waals surface area contributed by atoms with E-state index in [0.29, 0.717) is 17.9 Å². The van der Waals surface area contributed by atoms with Crippen LogP contribution < -0.4 is 0 Å². The molecule has 0 spiro atoms. The van der Waals surface area contributed by atoms with Crippen LogP contribution in [-0.2, 0) is 14.3 Å². The van der Waals surface area contributed by atoms with E-state index in [9.17, 15) is 9.59 Å². The minimum atomic E-state index is -0.445. The number of esters is 2. The Labute approximate surface area is 106 Å². The van der Waals surface area contributed by atoms with Crippen molar-refractivity contribution in [3.63, 3.8) is 0 Å². The molecule has 0 radical (unpaired) electrons. The number of ether oxygens (including phenoxy) is 2. The minimum absolute atomic E-state index is 0.330. The van der Waals surface area contributed by atoms with Crippen LogP contribution in [0.4, 0.5) is 0 Å². The summed E-state index contributed by atoms with van der Waals surface area (Å²) < 4.78 is 9.48. The van der Waals surface area contributed by atoms with Crippen molar-refractivity contribution >= 4 is 18.0 Å². The van der Waals surface area contributed by atoms with Gasteiger partial charge in [-0.2, -0.15) is 0 Å². The van der Waals surface area contributed by atoms with Crippen molar-refractivity contribution in [3.05, 3.63) is 28.6 Å². The molecule has 1 aromatic rings. The van der Waals surface area contributed by atoms with E-state index in [4.69, 9.17) is 4.74 Å². The zero-order valence-corrected chi connectivity index (χ0v) is 11.0. The average Bonchev–Trinajstić information content (AvgIpc) is 2.61. The number of methoxy groups -OCH3 is 1. The van der Waals surface area contributed by atoms with E-state index in [1.165, 1.54) is 13.2 Å². The maximum absolute atomic E-state index is 11.7. The summed E-state index contributed by atoms with van der Waals surface area (Å²) >= 11 is 0. The van der Waals surface area contributed by atoms with Gasteiger partial charge in [0.15, 0.2) is 0 Å². The van der Waals surface area contributed by atoms with E-state index in [2.05, 4.69) is 9.72 Å². The average molecular weight is 251 g/mol. The van der Waals surface area contributed by atoms with Gasteiger partial charge in [0.1, 0.15) is 0 Å². The van der Waals surface area contributed by atoms with Crippen LogP contribution in [0, 0.1) is 13.8 Å². The maximum Gasteiger partial charge on any atom is 0.340 e. The molecule has 0 saturated carbocycles. The number of hydrogen-bond acceptors (Lipinski definition) is 4. The summed E-state index contributed by atoms with van der Waals surface area (Å²) in [7, 11) is 1.31. The third-order valence-electron chi connectivity index (χ3n) is 2.54. The topological polar surface area (TPSA) is 68.4 Å². The van der Waals surface area contributed by atoms with E-state index < -0.39 is 5.97 Å². The van der Waals surface area contributed by atoms with E-state index in [1.54, 1.807) is 26.8 Å². The first-order chi connectivity index (χ1) is 8.51. The summed E-state index contributed by atoms with van der Waals surface area (Å²) in [5, 5.41) is 0. The largest absolute Gasteiger partial charge is 0.466 e. The third-order valence-corrected chi connectivity index (χ3v) is 2.54. The first-order valence-corrected chi connectivity index (χ1v) is 5.63. The van der Waals surface area contributed by atoms with Crippen molar-refractivity contribution in [3.8, 4) is 0 Å². The Hall–Kier alpha value is -2.04. The molecule has 0 aliphatic carbocycles. The highest BCUT2D eigenvalue weighted by Gasteiger charge is 2.17. The molecule has 5 heteroatoms. The normalized spacial score (nSPS) is 10.7. The zero-order chi connectivity index (χ0) is 13.7. The van der Waals surface area contributed by atoms with Crippen molar-refractivity contribution in [1.82, 2.24) is 4.98 Å². The van der Waals surface area contributed by atoms with Gasteiger partial charge in [0, 0.05) is 17.5 Å². The van der Waals surface area contributed by atoms with Gasteiger partial charge in [-0.1, -0.05) is 0 Å². The molecule has 1 rings (SSSR count). The van der Waals surface area contributed by atoms with Crippen molar-refractivity contribution in [2.45, 2.75) is 20.8 Å². The van der Waals surface area contributed by atoms with Crippen molar-refractivity contribution < 1.29 is 19.1 Å². The summed E-state index contributed by atoms with van der Waals surface area (Å²) in [6, 6.07) is 0. The second-order valence-corrected chi connectivity index (χ2v) is 3.74. The molecular weight excluding hydrogens is 234 g/mol. The standard InChI is InChI=1S/C13H17NO4/c1-5-18-13(16)12-8(2)10(14-9(12)3)6-7-11(15)17-4/h6-7,14H,5H2,1-4H3. The van der Waals surface area contributed by atoms with Crippen LogP contribution in [-0.4, -0.2) is 30.6 Å². The van der Waals surface area contributed by atoms with Gasteiger partial charge in [-0.15, -0.1) is 0 Å². The highest BCUT2D eigenvalue weighted by molar-refractivity contribution is 5.94. The van der Waals surface area contributed by atoms with Gasteiger partial charge in [0.05, 0.1) is 19.3 Å². The summed E-state index contributed by atoms with van der Waals surface area (Å²) in [4.78, 5) is 25.8. The maximum atomic E-state index is 11.7. The van der Waals surface area contributed by atoms with Gasteiger partial charge in [0.2, 0.25) is 0 Å². The van der Waals surface area contributed by atoms with Crippen LogP contribution in [0.5, 0.6) is 0 Å². The SMILES string of the molecule is CCOC(=O)c1c(C)[nH]c(C=CC(=O)OC)c1C. The number of aromatic nitrogens is 1. The van der Waals surface area contributed by atoms with Crippen molar-refractivity contribution in [1.29, 1.82) is 0 Å². The van der Waals surface area contributed by atoms with Gasteiger partial charge in [-0.05, 0) is 32.4 Å². The van der Waals surface area contributed by atoms with Crippen LogP contribution in [0.1, 0.15) is 34.2 Å². The molecule has 0 aromatic carbocycles. The zero-order valence-electron chi connectivity index (χ0n) is 11.0. The molecule has 1 N–H and O–H groups in total. The molecule has 0 aliphatic heterocycles. The predicted molar refractivity (Wildman–Crippen MR) is 67.3 cm³/mol. The van der Waals surface area contributed by atoms with Gasteiger partial charge in [-0.25, -0.2) is 9.59 Å². The Morgan fingerprint density at radius 3 is 2.56 bits per heavy atom. The molecule has 1 aromatic heterocycles. The summed E-state index contributed by atoms with van der Waals surface area (Å²) in [5.41, 5.74) is 2.68. The van der Waals surface area contributed by atoms with Crippen LogP contribution in [0.15, 0.2) is 6.08 Å². The Morgan fingerprint density at radius 2 is 2.00 bits per heavy atom. The van der Waals surface area contributed by atoms with E-state index in [0.717, 1.165) is 11.3 Å². The number of nitrogens with one attached hydrogen (secondary N) is 1. The molecule has 18 heavy (non-hydrogen) atoms.